The van der Waals surface area contributed by atoms with Crippen LogP contribution in [0.1, 0.15) is 5.56 Å². The minimum Gasteiger partial charge on any atom is -0.322 e. The topological polar surface area (TPSA) is 86.4 Å². The van der Waals surface area contributed by atoms with Crippen LogP contribution in [0, 0.1) is 28.8 Å². The Morgan fingerprint density at radius 2 is 1.70 bits per heavy atom. The Labute approximate surface area is 153 Å². The zero-order valence-corrected chi connectivity index (χ0v) is 14.3. The number of hydrogen-bond acceptors (Lipinski definition) is 3. The lowest BCUT2D eigenvalue weighted by molar-refractivity contribution is -0.862. The van der Waals surface area contributed by atoms with Gasteiger partial charge in [0.2, 0.25) is 0 Å². The van der Waals surface area contributed by atoms with Crippen LogP contribution < -0.4 is 15.5 Å². The van der Waals surface area contributed by atoms with Crippen LogP contribution in [0.2, 0.25) is 0 Å². The Kier molecular flexibility index (Phi) is 6.51. The van der Waals surface area contributed by atoms with Gasteiger partial charge in [0.05, 0.1) is 24.4 Å². The first-order chi connectivity index (χ1) is 12.8. The quantitative estimate of drug-likeness (QED) is 0.658. The van der Waals surface area contributed by atoms with E-state index in [2.05, 4.69) is 10.6 Å². The predicted octanol–water partition coefficient (Wildman–Crippen LogP) is 1.07. The highest BCUT2D eigenvalue weighted by molar-refractivity contribution is 5.93. The van der Waals surface area contributed by atoms with Gasteiger partial charge in [0.25, 0.3) is 11.8 Å². The largest absolute Gasteiger partial charge is 0.322 e. The molecule has 2 aromatic rings. The molecule has 9 heteroatoms. The van der Waals surface area contributed by atoms with Gasteiger partial charge >= 0.3 is 0 Å². The van der Waals surface area contributed by atoms with Crippen LogP contribution in [-0.2, 0) is 9.59 Å². The Morgan fingerprint density at radius 3 is 2.37 bits per heavy atom. The first kappa shape index (κ1) is 19.9. The van der Waals surface area contributed by atoms with E-state index in [0.29, 0.717) is 22.2 Å². The van der Waals surface area contributed by atoms with E-state index in [4.69, 9.17) is 5.26 Å². The molecule has 2 amide bonds. The first-order valence-electron chi connectivity index (χ1n) is 7.85. The maximum absolute atomic E-state index is 13.6. The normalized spacial score (nSPS) is 11.4. The van der Waals surface area contributed by atoms with Crippen LogP contribution in [-0.4, -0.2) is 32.0 Å². The molecule has 0 bridgehead atoms. The van der Waals surface area contributed by atoms with Crippen molar-refractivity contribution in [3.63, 3.8) is 0 Å². The standard InChI is InChI=1S/C18H15F3N4O2/c1-25(9-15(26)23-12-4-2-3-11(7-12)8-22)10-16(27)24-14-6-5-13(19)17(20)18(14)21/h2-7H,9-10H2,1H3,(H,23,26)(H,24,27)/p+1. The molecule has 0 saturated carbocycles. The van der Waals surface area contributed by atoms with E-state index in [-0.39, 0.29) is 13.1 Å². The number of quaternary nitrogens is 1. The summed E-state index contributed by atoms with van der Waals surface area (Å²) in [6.07, 6.45) is 0. The third-order valence-electron chi connectivity index (χ3n) is 3.51. The smallest absolute Gasteiger partial charge is 0.279 e. The molecule has 0 aliphatic rings. The van der Waals surface area contributed by atoms with E-state index in [0.717, 1.165) is 6.07 Å². The van der Waals surface area contributed by atoms with E-state index in [1.807, 2.05) is 6.07 Å². The van der Waals surface area contributed by atoms with Gasteiger partial charge < -0.3 is 15.5 Å². The SMILES string of the molecule is C[NH+](CC(=O)Nc1cccc(C#N)c1)CC(=O)Nc1ccc(F)c(F)c1F. The zero-order valence-electron chi connectivity index (χ0n) is 14.3. The van der Waals surface area contributed by atoms with Crippen LogP contribution in [0.25, 0.3) is 0 Å². The van der Waals surface area contributed by atoms with Crippen LogP contribution in [0.5, 0.6) is 0 Å². The van der Waals surface area contributed by atoms with Crippen LogP contribution in [0.4, 0.5) is 24.5 Å². The van der Waals surface area contributed by atoms with Gasteiger partial charge in [-0.1, -0.05) is 6.07 Å². The van der Waals surface area contributed by atoms with E-state index in [9.17, 15) is 22.8 Å². The van der Waals surface area contributed by atoms with Gasteiger partial charge in [-0.15, -0.1) is 0 Å². The summed E-state index contributed by atoms with van der Waals surface area (Å²) in [7, 11) is 1.56. The summed E-state index contributed by atoms with van der Waals surface area (Å²) in [5, 5.41) is 13.6. The molecule has 0 aliphatic heterocycles. The number of rotatable bonds is 6. The van der Waals surface area contributed by atoms with Crippen molar-refractivity contribution in [1.82, 2.24) is 0 Å². The lowest BCUT2D eigenvalue weighted by atomic mass is 10.2. The number of halogens is 3. The Bertz CT molecular complexity index is 912. The van der Waals surface area contributed by atoms with E-state index in [1.165, 1.54) is 6.07 Å². The van der Waals surface area contributed by atoms with E-state index < -0.39 is 35.0 Å². The Balaban J connectivity index is 1.88. The summed E-state index contributed by atoms with van der Waals surface area (Å²) in [6.45, 7) is -0.283. The van der Waals surface area contributed by atoms with Crippen molar-refractivity contribution in [2.75, 3.05) is 30.8 Å². The second kappa shape index (κ2) is 8.82. The van der Waals surface area contributed by atoms with E-state index >= 15 is 0 Å². The summed E-state index contributed by atoms with van der Waals surface area (Å²) in [5.74, 6) is -5.58. The van der Waals surface area contributed by atoms with Gasteiger partial charge in [0, 0.05) is 5.69 Å². The molecule has 140 valence electrons. The maximum atomic E-state index is 13.6. The third-order valence-corrected chi connectivity index (χ3v) is 3.51. The van der Waals surface area contributed by atoms with Gasteiger partial charge in [-0.05, 0) is 30.3 Å². The Morgan fingerprint density at radius 1 is 1.04 bits per heavy atom. The molecular formula is C18H16F3N4O2+. The Hall–Kier alpha value is -3.38. The van der Waals surface area contributed by atoms with Gasteiger partial charge in [0.1, 0.15) is 0 Å². The van der Waals surface area contributed by atoms with Gasteiger partial charge in [-0.2, -0.15) is 5.26 Å². The van der Waals surface area contributed by atoms with Crippen molar-refractivity contribution in [2.24, 2.45) is 0 Å². The average molecular weight is 377 g/mol. The lowest BCUT2D eigenvalue weighted by Crippen LogP contribution is -3.11. The molecule has 0 fully saturated rings. The van der Waals surface area contributed by atoms with Crippen LogP contribution in [0.3, 0.4) is 0 Å². The molecule has 0 heterocycles. The average Bonchev–Trinajstić information content (AvgIpc) is 2.62. The van der Waals surface area contributed by atoms with Crippen LogP contribution in [0.15, 0.2) is 36.4 Å². The summed E-state index contributed by atoms with van der Waals surface area (Å²) in [6, 6.07) is 9.90. The number of nitrogens with one attached hydrogen (secondary N) is 3. The molecule has 6 nitrogen and oxygen atoms in total. The molecule has 27 heavy (non-hydrogen) atoms. The zero-order chi connectivity index (χ0) is 20.0. The van der Waals surface area contributed by atoms with Crippen molar-refractivity contribution >= 4 is 23.2 Å². The summed E-state index contributed by atoms with van der Waals surface area (Å²) >= 11 is 0. The lowest BCUT2D eigenvalue weighted by Gasteiger charge is -2.14. The molecule has 0 spiro atoms. The van der Waals surface area contributed by atoms with Crippen molar-refractivity contribution in [2.45, 2.75) is 0 Å². The van der Waals surface area contributed by atoms with Gasteiger partial charge in [-0.3, -0.25) is 9.59 Å². The number of nitriles is 1. The number of anilines is 2. The molecule has 0 aromatic heterocycles. The molecule has 0 aliphatic carbocycles. The first-order valence-corrected chi connectivity index (χ1v) is 7.85. The monoisotopic (exact) mass is 377 g/mol. The molecule has 0 saturated heterocycles. The maximum Gasteiger partial charge on any atom is 0.279 e. The van der Waals surface area contributed by atoms with Crippen LogP contribution >= 0.6 is 0 Å². The van der Waals surface area contributed by atoms with Crippen molar-refractivity contribution < 1.29 is 27.7 Å². The number of hydrogen-bond donors (Lipinski definition) is 3. The highest BCUT2D eigenvalue weighted by Crippen LogP contribution is 2.19. The molecule has 1 atom stereocenters. The molecule has 2 aromatic carbocycles. The van der Waals surface area contributed by atoms with Crippen molar-refractivity contribution in [3.05, 3.63) is 59.4 Å². The number of likely N-dealkylation sites (N-methyl/N-ethyl adjacent to an activating group) is 1. The third kappa shape index (κ3) is 5.55. The predicted molar refractivity (Wildman–Crippen MR) is 91.4 cm³/mol. The molecule has 0 radical (unpaired) electrons. The van der Waals surface area contributed by atoms with E-state index in [1.54, 1.807) is 25.2 Å². The fourth-order valence-corrected chi connectivity index (χ4v) is 2.30. The molecule has 2 rings (SSSR count). The highest BCUT2D eigenvalue weighted by Gasteiger charge is 2.18. The molecular weight excluding hydrogens is 361 g/mol. The summed E-state index contributed by atoms with van der Waals surface area (Å²) in [5.41, 5.74) is 0.353. The number of carbonyl (C=O) groups is 2. The van der Waals surface area contributed by atoms with Gasteiger partial charge in [0.15, 0.2) is 30.5 Å². The highest BCUT2D eigenvalue weighted by atomic mass is 19.2. The van der Waals surface area contributed by atoms with Crippen molar-refractivity contribution in [3.8, 4) is 6.07 Å². The number of amides is 2. The fourth-order valence-electron chi connectivity index (χ4n) is 2.30. The minimum absolute atomic E-state index is 0.0789. The molecule has 3 N–H and O–H groups in total. The fraction of sp³-hybridized carbons (Fsp3) is 0.167. The molecule has 1 unspecified atom stereocenters. The second-order valence-corrected chi connectivity index (χ2v) is 5.82. The van der Waals surface area contributed by atoms with Crippen molar-refractivity contribution in [1.29, 1.82) is 5.26 Å². The van der Waals surface area contributed by atoms with Gasteiger partial charge in [-0.25, -0.2) is 13.2 Å². The summed E-state index contributed by atoms with van der Waals surface area (Å²) in [4.78, 5) is 24.4. The number of nitrogens with zero attached hydrogens (tertiary/aromatic N) is 1. The minimum atomic E-state index is -1.67. The number of benzene rings is 2. The number of carbonyl (C=O) groups excluding carboxylic acids is 2. The second-order valence-electron chi connectivity index (χ2n) is 5.82. The summed E-state index contributed by atoms with van der Waals surface area (Å²) < 4.78 is 39.6.